The Labute approximate surface area is 94.3 Å². The molecule has 5 heteroatoms. The molecule has 2 aromatic rings. The van der Waals surface area contributed by atoms with Crippen LogP contribution in [0, 0.1) is 5.82 Å². The second kappa shape index (κ2) is 3.94. The first kappa shape index (κ1) is 10.0. The Morgan fingerprint density at radius 2 is 1.93 bits per heavy atom. The molecule has 3 nitrogen and oxygen atoms in total. The molecule has 76 valence electrons. The first-order chi connectivity index (χ1) is 7.18. The van der Waals surface area contributed by atoms with Crippen LogP contribution in [0.4, 0.5) is 10.2 Å². The molecule has 0 atom stereocenters. The molecule has 0 radical (unpaired) electrons. The maximum absolute atomic E-state index is 13.3. The van der Waals surface area contributed by atoms with Crippen molar-refractivity contribution in [2.24, 2.45) is 0 Å². The molecule has 15 heavy (non-hydrogen) atoms. The number of nitrogens with two attached hydrogens (primary N) is 1. The van der Waals surface area contributed by atoms with E-state index in [4.69, 9.17) is 5.73 Å². The second-order valence-corrected chi connectivity index (χ2v) is 3.77. The molecule has 0 spiro atoms. The molecule has 2 rings (SSSR count). The van der Waals surface area contributed by atoms with Crippen LogP contribution in [0.3, 0.4) is 0 Å². The zero-order valence-electron chi connectivity index (χ0n) is 7.61. The Hall–Kier alpha value is -1.49. The van der Waals surface area contributed by atoms with Crippen molar-refractivity contribution in [2.75, 3.05) is 5.73 Å². The molecule has 0 aliphatic rings. The fourth-order valence-electron chi connectivity index (χ4n) is 1.21. The van der Waals surface area contributed by atoms with E-state index in [0.717, 1.165) is 0 Å². The van der Waals surface area contributed by atoms with Crippen molar-refractivity contribution in [3.05, 3.63) is 40.9 Å². The minimum atomic E-state index is -0.349. The Bertz CT molecular complexity index is 502. The van der Waals surface area contributed by atoms with Gasteiger partial charge in [0.25, 0.3) is 0 Å². The van der Waals surface area contributed by atoms with Gasteiger partial charge in [0.1, 0.15) is 17.3 Å². The fourth-order valence-corrected chi connectivity index (χ4v) is 1.46. The molecule has 0 amide bonds. The quantitative estimate of drug-likeness (QED) is 0.864. The minimum absolute atomic E-state index is 0.291. The van der Waals surface area contributed by atoms with Crippen LogP contribution in [0.25, 0.3) is 11.3 Å². The number of benzene rings is 1. The zero-order chi connectivity index (χ0) is 10.8. The van der Waals surface area contributed by atoms with Gasteiger partial charge < -0.3 is 5.73 Å². The first-order valence-corrected chi connectivity index (χ1v) is 4.99. The molecule has 0 aliphatic heterocycles. The van der Waals surface area contributed by atoms with E-state index in [9.17, 15) is 4.39 Å². The Kier molecular flexibility index (Phi) is 2.64. The van der Waals surface area contributed by atoms with Crippen molar-refractivity contribution < 1.29 is 4.39 Å². The predicted octanol–water partition coefficient (Wildman–Crippen LogP) is 2.63. The van der Waals surface area contributed by atoms with E-state index in [1.54, 1.807) is 12.1 Å². The third kappa shape index (κ3) is 1.97. The molecule has 1 aromatic carbocycles. The van der Waals surface area contributed by atoms with E-state index < -0.39 is 0 Å². The highest BCUT2D eigenvalue weighted by Crippen LogP contribution is 2.25. The summed E-state index contributed by atoms with van der Waals surface area (Å²) >= 11 is 3.08. The second-order valence-electron chi connectivity index (χ2n) is 2.92. The van der Waals surface area contributed by atoms with Gasteiger partial charge in [0.2, 0.25) is 0 Å². The number of nitrogens with zero attached hydrogens (tertiary/aromatic N) is 2. The van der Waals surface area contributed by atoms with Gasteiger partial charge in [-0.3, -0.25) is 4.98 Å². The highest BCUT2D eigenvalue weighted by Gasteiger charge is 2.07. The van der Waals surface area contributed by atoms with E-state index in [2.05, 4.69) is 25.9 Å². The highest BCUT2D eigenvalue weighted by molar-refractivity contribution is 9.10. The number of nitrogen functional groups attached to an aromatic ring is 1. The summed E-state index contributed by atoms with van der Waals surface area (Å²) < 4.78 is 13.7. The molecule has 2 N–H and O–H groups in total. The van der Waals surface area contributed by atoms with Crippen molar-refractivity contribution >= 4 is 21.7 Å². The van der Waals surface area contributed by atoms with Gasteiger partial charge in [-0.05, 0) is 28.1 Å². The van der Waals surface area contributed by atoms with E-state index in [1.807, 2.05) is 0 Å². The molecule has 0 unspecified atom stereocenters. The maximum atomic E-state index is 13.3. The molecular formula is C10H7BrFN3. The van der Waals surface area contributed by atoms with Crippen LogP contribution in [0.15, 0.2) is 35.1 Å². The third-order valence-electron chi connectivity index (χ3n) is 1.92. The van der Waals surface area contributed by atoms with Crippen molar-refractivity contribution in [2.45, 2.75) is 0 Å². The van der Waals surface area contributed by atoms with Gasteiger partial charge in [-0.25, -0.2) is 9.37 Å². The van der Waals surface area contributed by atoms with Crippen LogP contribution in [-0.2, 0) is 0 Å². The molecule has 0 saturated heterocycles. The number of anilines is 1. The topological polar surface area (TPSA) is 51.8 Å². The van der Waals surface area contributed by atoms with Crippen LogP contribution in [0.1, 0.15) is 0 Å². The Morgan fingerprint density at radius 1 is 1.20 bits per heavy atom. The summed E-state index contributed by atoms with van der Waals surface area (Å²) in [6.45, 7) is 0. The van der Waals surface area contributed by atoms with Gasteiger partial charge in [0, 0.05) is 18.0 Å². The normalized spacial score (nSPS) is 10.3. The summed E-state index contributed by atoms with van der Waals surface area (Å²) in [7, 11) is 0. The van der Waals surface area contributed by atoms with Gasteiger partial charge >= 0.3 is 0 Å². The van der Waals surface area contributed by atoms with Crippen molar-refractivity contribution in [3.8, 4) is 11.3 Å². The number of aromatic nitrogens is 2. The van der Waals surface area contributed by atoms with Crippen LogP contribution in [0.2, 0.25) is 0 Å². The largest absolute Gasteiger partial charge is 0.382 e. The molecular weight excluding hydrogens is 261 g/mol. The van der Waals surface area contributed by atoms with E-state index in [0.29, 0.717) is 21.5 Å². The third-order valence-corrected chi connectivity index (χ3v) is 2.56. The number of rotatable bonds is 1. The SMILES string of the molecule is Nc1nccnc1-c1ccc(Br)c(F)c1. The van der Waals surface area contributed by atoms with E-state index in [-0.39, 0.29) is 5.82 Å². The standard InChI is InChI=1S/C10H7BrFN3/c11-7-2-1-6(5-8(7)12)9-10(13)15-4-3-14-9/h1-5H,(H2,13,15). The Balaban J connectivity index is 2.55. The molecule has 0 aliphatic carbocycles. The van der Waals surface area contributed by atoms with Crippen molar-refractivity contribution in [1.29, 1.82) is 0 Å². The first-order valence-electron chi connectivity index (χ1n) is 4.20. The van der Waals surface area contributed by atoms with Gasteiger partial charge in [0.05, 0.1) is 4.47 Å². The lowest BCUT2D eigenvalue weighted by atomic mass is 10.1. The summed E-state index contributed by atoms with van der Waals surface area (Å²) in [5.41, 5.74) is 6.73. The minimum Gasteiger partial charge on any atom is -0.382 e. The fraction of sp³-hybridized carbons (Fsp3) is 0. The molecule has 1 aromatic heterocycles. The number of hydrogen-bond acceptors (Lipinski definition) is 3. The molecule has 1 heterocycles. The van der Waals surface area contributed by atoms with Crippen LogP contribution in [0.5, 0.6) is 0 Å². The monoisotopic (exact) mass is 267 g/mol. The molecule has 0 saturated carbocycles. The smallest absolute Gasteiger partial charge is 0.149 e. The van der Waals surface area contributed by atoms with Gasteiger partial charge in [-0.2, -0.15) is 0 Å². The van der Waals surface area contributed by atoms with Crippen LogP contribution >= 0.6 is 15.9 Å². The summed E-state index contributed by atoms with van der Waals surface area (Å²) in [5, 5.41) is 0. The highest BCUT2D eigenvalue weighted by atomic mass is 79.9. The lowest BCUT2D eigenvalue weighted by Crippen LogP contribution is -1.96. The van der Waals surface area contributed by atoms with E-state index in [1.165, 1.54) is 18.5 Å². The van der Waals surface area contributed by atoms with Gasteiger partial charge in [0.15, 0.2) is 0 Å². The predicted molar refractivity (Wildman–Crippen MR) is 59.5 cm³/mol. The number of halogens is 2. The molecule has 0 bridgehead atoms. The lowest BCUT2D eigenvalue weighted by Gasteiger charge is -2.03. The maximum Gasteiger partial charge on any atom is 0.149 e. The van der Waals surface area contributed by atoms with Crippen LogP contribution < -0.4 is 5.73 Å². The summed E-state index contributed by atoms with van der Waals surface area (Å²) in [6.07, 6.45) is 3.01. The number of hydrogen-bond donors (Lipinski definition) is 1. The summed E-state index contributed by atoms with van der Waals surface area (Å²) in [4.78, 5) is 7.94. The van der Waals surface area contributed by atoms with Gasteiger partial charge in [-0.15, -0.1) is 0 Å². The van der Waals surface area contributed by atoms with E-state index >= 15 is 0 Å². The lowest BCUT2D eigenvalue weighted by molar-refractivity contribution is 0.621. The average Bonchev–Trinajstić information content (AvgIpc) is 2.23. The summed E-state index contributed by atoms with van der Waals surface area (Å²) in [5.74, 6) is -0.0585. The van der Waals surface area contributed by atoms with Crippen molar-refractivity contribution in [1.82, 2.24) is 9.97 Å². The summed E-state index contributed by atoms with van der Waals surface area (Å²) in [6, 6.07) is 4.71. The van der Waals surface area contributed by atoms with Crippen molar-refractivity contribution in [3.63, 3.8) is 0 Å². The van der Waals surface area contributed by atoms with Gasteiger partial charge in [-0.1, -0.05) is 6.07 Å². The Morgan fingerprint density at radius 3 is 2.60 bits per heavy atom. The average molecular weight is 268 g/mol. The molecule has 0 fully saturated rings. The zero-order valence-corrected chi connectivity index (χ0v) is 9.20. The van der Waals surface area contributed by atoms with Crippen LogP contribution in [-0.4, -0.2) is 9.97 Å².